The van der Waals surface area contributed by atoms with Crippen molar-refractivity contribution in [1.29, 1.82) is 5.26 Å². The molecule has 0 saturated heterocycles. The van der Waals surface area contributed by atoms with Gasteiger partial charge in [0.2, 0.25) is 11.9 Å². The van der Waals surface area contributed by atoms with Crippen LogP contribution in [-0.4, -0.2) is 69.3 Å². The number of rotatable bonds is 19. The number of fused-ring (bicyclic) bond motifs is 2. The number of nitrogens with one attached hydrogen (secondary N) is 1. The van der Waals surface area contributed by atoms with E-state index >= 15 is 0 Å². The van der Waals surface area contributed by atoms with E-state index in [1.807, 2.05) is 60.7 Å². The van der Waals surface area contributed by atoms with Crippen molar-refractivity contribution < 1.29 is 9.47 Å². The van der Waals surface area contributed by atoms with Crippen LogP contribution in [0.25, 0.3) is 43.9 Å². The van der Waals surface area contributed by atoms with Gasteiger partial charge in [0, 0.05) is 31.2 Å². The van der Waals surface area contributed by atoms with Crippen molar-refractivity contribution >= 4 is 87.1 Å². The van der Waals surface area contributed by atoms with Crippen LogP contribution in [0.2, 0.25) is 33.4 Å². The molecule has 0 aliphatic rings. The quantitative estimate of drug-likeness (QED) is 0.0351. The molecule has 9 rings (SSSR count). The fourth-order valence-corrected chi connectivity index (χ4v) is 20.6. The Morgan fingerprint density at radius 3 is 1.41 bits per heavy atom. The van der Waals surface area contributed by atoms with E-state index < -0.39 is 30.9 Å². The van der Waals surface area contributed by atoms with Crippen molar-refractivity contribution in [3.63, 3.8) is 0 Å². The SMILES string of the molecule is C.C.CCC[CH2][Sn]([CH2]CCC)([CH2]CCC)[N]=[N+]=[N-].Clc1ccc(C(Oc2ccc(Cl)cc2-n2nc3ccccc3n2)c2nn[nH]n2)cc1.N#CC(Oc1ccc(Cl)cc1-n1nc2ccccc2n1)c1ccc(Cl)cc1. The number of unbranched alkanes of at least 4 members (excludes halogenated alkanes) is 3. The van der Waals surface area contributed by atoms with Crippen LogP contribution in [-0.2, 0) is 0 Å². The Balaban J connectivity index is 0.000000215. The maximum atomic E-state index is 9.57. The van der Waals surface area contributed by atoms with Gasteiger partial charge in [0.15, 0.2) is 6.10 Å². The number of halogens is 4. The summed E-state index contributed by atoms with van der Waals surface area (Å²) in [5, 5.41) is 44.1. The molecule has 16 nitrogen and oxygen atoms in total. The number of nitrogens with zero attached hydrogens (tertiary/aromatic N) is 13. The molecule has 75 heavy (non-hydrogen) atoms. The molecule has 9 aromatic rings. The number of ether oxygens (including phenoxy) is 2. The summed E-state index contributed by atoms with van der Waals surface area (Å²) >= 11 is 21.9. The Kier molecular flexibility index (Phi) is 23.4. The van der Waals surface area contributed by atoms with Gasteiger partial charge in [-0.2, -0.15) is 10.5 Å². The summed E-state index contributed by atoms with van der Waals surface area (Å²) in [6.45, 7) is 6.69. The van der Waals surface area contributed by atoms with Crippen LogP contribution in [0, 0.1) is 11.3 Å². The minimum Gasteiger partial charge on any atom is -0.475 e. The molecule has 3 heterocycles. The van der Waals surface area contributed by atoms with Crippen LogP contribution in [0.5, 0.6) is 11.5 Å². The summed E-state index contributed by atoms with van der Waals surface area (Å²) in [5.74, 6) is 1.32. The van der Waals surface area contributed by atoms with E-state index in [9.17, 15) is 5.26 Å². The van der Waals surface area contributed by atoms with Gasteiger partial charge in [-0.1, -0.05) is 115 Å². The van der Waals surface area contributed by atoms with Gasteiger partial charge in [0.25, 0.3) is 0 Å². The van der Waals surface area contributed by atoms with Crippen LogP contribution < -0.4 is 9.47 Å². The average molecular weight is 1200 g/mol. The van der Waals surface area contributed by atoms with Crippen LogP contribution in [0.15, 0.2) is 137 Å². The van der Waals surface area contributed by atoms with Gasteiger partial charge < -0.3 is 9.47 Å². The number of hydrogen-bond donors (Lipinski definition) is 1. The van der Waals surface area contributed by atoms with Gasteiger partial charge in [-0.05, 0) is 84.9 Å². The fraction of sp³-hybridized carbons (Fsp3) is 0.296. The molecule has 0 saturated carbocycles. The summed E-state index contributed by atoms with van der Waals surface area (Å²) in [7, 11) is 0. The Morgan fingerprint density at radius 2 is 1.03 bits per heavy atom. The number of H-pyrrole nitrogens is 1. The number of aromatic nitrogens is 10. The van der Waals surface area contributed by atoms with E-state index in [0.717, 1.165) is 27.6 Å². The molecule has 0 aliphatic heterocycles. The third-order valence-corrected chi connectivity index (χ3v) is 25.1. The number of tetrazole rings is 1. The average Bonchev–Trinajstić information content (AvgIpc) is 4.21. The molecule has 2 unspecified atom stereocenters. The van der Waals surface area contributed by atoms with Crippen molar-refractivity contribution in [3.8, 4) is 28.9 Å². The van der Waals surface area contributed by atoms with Crippen molar-refractivity contribution in [3.05, 3.63) is 181 Å². The summed E-state index contributed by atoms with van der Waals surface area (Å²) < 4.78 is 20.5. The van der Waals surface area contributed by atoms with Crippen LogP contribution in [0.1, 0.15) is 103 Å². The van der Waals surface area contributed by atoms with Gasteiger partial charge in [0.1, 0.15) is 51.0 Å². The third-order valence-electron chi connectivity index (χ3n) is 11.6. The zero-order chi connectivity index (χ0) is 51.6. The Hall–Kier alpha value is -6.45. The minimum absolute atomic E-state index is 0. The molecule has 0 amide bonds. The second-order valence-electron chi connectivity index (χ2n) is 16.9. The van der Waals surface area contributed by atoms with Crippen LogP contribution in [0.3, 0.4) is 0 Å². The van der Waals surface area contributed by atoms with E-state index in [1.165, 1.54) is 61.4 Å². The monoisotopic (exact) mass is 1200 g/mol. The number of azide groups is 1. The molecule has 3 aromatic heterocycles. The van der Waals surface area contributed by atoms with Crippen molar-refractivity contribution in [2.75, 3.05) is 0 Å². The first-order valence-corrected chi connectivity index (χ1v) is 32.7. The number of benzene rings is 6. The number of hydrogen-bond acceptors (Lipinski definition) is 11. The normalized spacial score (nSPS) is 11.5. The molecule has 0 bridgehead atoms. The predicted molar refractivity (Wildman–Crippen MR) is 304 cm³/mol. The first-order chi connectivity index (χ1) is 35.5. The predicted octanol–water partition coefficient (Wildman–Crippen LogP) is 16.7. The first kappa shape index (κ1) is 59.4. The molecule has 0 radical (unpaired) electrons. The smallest absolute Gasteiger partial charge is 0.219 e. The molecule has 0 fully saturated rings. The first-order valence-electron chi connectivity index (χ1n) is 23.8. The molecule has 21 heteroatoms. The van der Waals surface area contributed by atoms with E-state index in [2.05, 4.69) is 76.1 Å². The standard InChI is InChI=1S/C20H13Cl2N7O.C20H12Cl2N4O.3C4H9.2CH4.N3.Sn/c21-13-7-5-12(6-8-13)19(20-23-27-28-24-20)30-18-10-9-14(22)11-17(18)29-25-15-3-1-2-4-16(15)26-29;21-14-7-5-13(6-8-14)20(12-23)27-19-10-9-15(22)11-18(19)26-24-16-3-1-2-4-17(16)25-26;3*1-3-4-2;;;1-3-2;/h1-11,19H,(H,23,24,27,28);1-11,20H;3*1,3-4H2,2H3;2*1H4;;/q;;;;;;;-1;+1. The topological polar surface area (TPSA) is 207 Å². The molecule has 6 aromatic carbocycles. The van der Waals surface area contributed by atoms with E-state index in [4.69, 9.17) is 61.4 Å². The fourth-order valence-electron chi connectivity index (χ4n) is 7.81. The molecule has 2 atom stereocenters. The minimum atomic E-state index is -2.45. The summed E-state index contributed by atoms with van der Waals surface area (Å²) in [6, 6.07) is 41.8. The molecule has 0 aliphatic carbocycles. The molecular formula is C54H60Cl4N14O2Sn. The second-order valence-corrected chi connectivity index (χ2v) is 30.5. The summed E-state index contributed by atoms with van der Waals surface area (Å²) in [6.07, 6.45) is 6.05. The van der Waals surface area contributed by atoms with E-state index in [-0.39, 0.29) is 14.9 Å². The van der Waals surface area contributed by atoms with Gasteiger partial charge >= 0.3 is 105 Å². The summed E-state index contributed by atoms with van der Waals surface area (Å²) in [5.41, 5.74) is 14.5. The third kappa shape index (κ3) is 16.3. The van der Waals surface area contributed by atoms with E-state index in [0.29, 0.717) is 54.4 Å². The zero-order valence-electron chi connectivity index (χ0n) is 40.4. The Morgan fingerprint density at radius 1 is 0.613 bits per heavy atom. The van der Waals surface area contributed by atoms with Crippen molar-refractivity contribution in [2.45, 2.75) is 99.7 Å². The van der Waals surface area contributed by atoms with Gasteiger partial charge in [-0.25, -0.2) is 0 Å². The number of nitriles is 1. The van der Waals surface area contributed by atoms with E-state index in [1.54, 1.807) is 72.8 Å². The Bertz CT molecular complexity index is 3180. The molecule has 1 N–H and O–H groups in total. The Labute approximate surface area is 462 Å². The maximum Gasteiger partial charge on any atom is 0.219 e. The van der Waals surface area contributed by atoms with Crippen LogP contribution >= 0.6 is 46.4 Å². The van der Waals surface area contributed by atoms with Crippen molar-refractivity contribution in [1.82, 2.24) is 50.6 Å². The molecular weight excluding hydrogens is 1140 g/mol. The molecule has 0 spiro atoms. The van der Waals surface area contributed by atoms with Gasteiger partial charge in [-0.3, -0.25) is 0 Å². The second kappa shape index (κ2) is 29.6. The molecule has 390 valence electrons. The summed E-state index contributed by atoms with van der Waals surface area (Å²) in [4.78, 5) is 6.15. The van der Waals surface area contributed by atoms with Gasteiger partial charge in [0.05, 0.1) is 0 Å². The van der Waals surface area contributed by atoms with Gasteiger partial charge in [-0.15, -0.1) is 40.2 Å². The maximum absolute atomic E-state index is 9.57. The zero-order valence-corrected chi connectivity index (χ0v) is 46.2. The van der Waals surface area contributed by atoms with Crippen molar-refractivity contribution in [2.24, 2.45) is 3.34 Å². The number of aromatic amines is 1. The van der Waals surface area contributed by atoms with Crippen LogP contribution in [0.4, 0.5) is 0 Å². The largest absolute Gasteiger partial charge is 0.475 e.